The zero-order valence-corrected chi connectivity index (χ0v) is 61.6. The summed E-state index contributed by atoms with van der Waals surface area (Å²) in [5, 5.41) is 0. The molecule has 0 saturated heterocycles. The van der Waals surface area contributed by atoms with Crippen molar-refractivity contribution < 1.29 is 0 Å². The van der Waals surface area contributed by atoms with Gasteiger partial charge in [0.05, 0.1) is 5.41 Å². The molecule has 0 N–H and O–H groups in total. The third kappa shape index (κ3) is 37.9. The monoisotopic (exact) mass is 1160 g/mol. The Balaban J connectivity index is -0.000000140. The average molecular weight is 1160 g/mol. The lowest BCUT2D eigenvalue weighted by Crippen LogP contribution is -2.25. The van der Waals surface area contributed by atoms with Crippen molar-refractivity contribution in [3.8, 4) is 22.3 Å². The maximum atomic E-state index is 2.31. The van der Waals surface area contributed by atoms with Crippen LogP contribution in [-0.2, 0) is 5.41 Å². The summed E-state index contributed by atoms with van der Waals surface area (Å²) in [6, 6.07) is 66.4. The first-order chi connectivity index (χ1) is 40.5. The number of benzene rings is 7. The van der Waals surface area contributed by atoms with Crippen molar-refractivity contribution in [3.63, 3.8) is 0 Å². The van der Waals surface area contributed by atoms with Gasteiger partial charge >= 0.3 is 0 Å². The van der Waals surface area contributed by atoms with Crippen molar-refractivity contribution in [2.75, 3.05) is 120 Å². The molecule has 0 aliphatic heterocycles. The van der Waals surface area contributed by atoms with Gasteiger partial charge in [0.2, 0.25) is 0 Å². The fourth-order valence-electron chi connectivity index (χ4n) is 7.23. The van der Waals surface area contributed by atoms with Gasteiger partial charge in [0.15, 0.2) is 0 Å². The molecule has 6 nitrogen and oxygen atoms in total. The maximum absolute atomic E-state index is 2.31. The third-order valence-corrected chi connectivity index (χ3v) is 9.72. The quantitative estimate of drug-likeness (QED) is 0.174. The highest BCUT2D eigenvalue weighted by Gasteiger charge is 2.51. The number of anilines is 3. The summed E-state index contributed by atoms with van der Waals surface area (Å²) < 4.78 is 0. The molecular weight excluding hydrogens is 1020 g/mol. The van der Waals surface area contributed by atoms with E-state index in [1.54, 1.807) is 0 Å². The molecule has 0 aromatic heterocycles. The van der Waals surface area contributed by atoms with Crippen LogP contribution in [0.4, 0.5) is 17.1 Å². The van der Waals surface area contributed by atoms with E-state index in [4.69, 9.17) is 0 Å². The molecule has 0 fully saturated rings. The van der Waals surface area contributed by atoms with Crippen molar-refractivity contribution in [2.45, 2.75) is 144 Å². The van der Waals surface area contributed by atoms with Crippen LogP contribution in [0, 0.1) is 0 Å². The molecule has 2 aliphatic rings. The Bertz CT molecular complexity index is 2020. The molecule has 0 saturated carbocycles. The second-order valence-corrected chi connectivity index (χ2v) is 17.6. The van der Waals surface area contributed by atoms with Gasteiger partial charge in [-0.15, -0.1) is 0 Å². The third-order valence-electron chi connectivity index (χ3n) is 9.72. The van der Waals surface area contributed by atoms with Crippen LogP contribution in [0.15, 0.2) is 188 Å². The molecule has 84 heavy (non-hydrogen) atoms. The molecule has 0 bridgehead atoms. The van der Waals surface area contributed by atoms with Gasteiger partial charge in [0, 0.05) is 59.3 Å². The second kappa shape index (κ2) is 66.0. The molecule has 0 heterocycles. The number of fused-ring (bicyclic) bond motifs is 10. The molecule has 9 rings (SSSR count). The molecule has 7 aromatic carbocycles. The molecule has 0 radical (unpaired) electrons. The lowest BCUT2D eigenvalue weighted by Gasteiger charge is -2.30. The highest BCUT2D eigenvalue weighted by Crippen LogP contribution is 2.62. The second-order valence-electron chi connectivity index (χ2n) is 17.6. The maximum Gasteiger partial charge on any atom is 0.0725 e. The molecule has 0 atom stereocenters. The topological polar surface area (TPSA) is 19.4 Å². The molecule has 478 valence electrons. The minimum Gasteiger partial charge on any atom is -0.378 e. The zero-order chi connectivity index (χ0) is 67.2. The molecule has 0 unspecified atom stereocenters. The van der Waals surface area contributed by atoms with Crippen LogP contribution in [-0.4, -0.2) is 120 Å². The van der Waals surface area contributed by atoms with Gasteiger partial charge in [0.1, 0.15) is 0 Å². The van der Waals surface area contributed by atoms with E-state index in [1.807, 2.05) is 313 Å². The standard InChI is InChI=1S/C25H16.3C8H11N.3C3H9N.10C2H6/c1-5-13-21-17(9-1)18-10-2-6-14-22(18)25(21)23-15-7-3-11-19(23)20-12-4-8-16-24(20)25;3*1-9(2)8-6-4-3-5-7-8;3*1-4(2)3;10*1-2/h1-16H;3*3-7H,1-2H3;3*1-3H3;10*1-2H3. The highest BCUT2D eigenvalue weighted by atomic mass is 15.1. The molecular formula is C78H136N6. The van der Waals surface area contributed by atoms with Crippen molar-refractivity contribution in [3.05, 3.63) is 210 Å². The summed E-state index contributed by atoms with van der Waals surface area (Å²) in [5.41, 5.74) is 14.7. The first-order valence-corrected chi connectivity index (χ1v) is 31.9. The van der Waals surface area contributed by atoms with Crippen LogP contribution in [0.3, 0.4) is 0 Å². The van der Waals surface area contributed by atoms with Crippen LogP contribution < -0.4 is 14.7 Å². The predicted octanol–water partition coefficient (Wildman–Crippen LogP) is 22.1. The molecule has 0 amide bonds. The van der Waals surface area contributed by atoms with Gasteiger partial charge in [0.25, 0.3) is 0 Å². The summed E-state index contributed by atoms with van der Waals surface area (Å²) in [6.07, 6.45) is 0. The number of nitrogens with zero attached hydrogens (tertiary/aromatic N) is 6. The lowest BCUT2D eigenvalue weighted by molar-refractivity contribution is 0.505. The molecule has 2 aliphatic carbocycles. The minimum absolute atomic E-state index is 0.180. The van der Waals surface area contributed by atoms with E-state index in [-0.39, 0.29) is 5.41 Å². The van der Waals surface area contributed by atoms with Crippen molar-refractivity contribution >= 4 is 17.1 Å². The van der Waals surface area contributed by atoms with E-state index in [9.17, 15) is 0 Å². The SMILES string of the molecule is CC.CC.CC.CC.CC.CC.CC.CC.CC.CC.CN(C)C.CN(C)C.CN(C)C.CN(C)c1ccccc1.CN(C)c1ccccc1.CN(C)c1ccccc1.c1ccc2c(c1)-c1ccccc1C21c2ccccc2-c2ccccc21. The largest absolute Gasteiger partial charge is 0.378 e. The molecule has 6 heteroatoms. The predicted molar refractivity (Wildman–Crippen MR) is 397 cm³/mol. The molecule has 7 aromatic rings. The fraction of sp³-hybridized carbons (Fsp3) is 0.462. The van der Waals surface area contributed by atoms with Crippen LogP contribution >= 0.6 is 0 Å². The summed E-state index contributed by atoms with van der Waals surface area (Å²) in [4.78, 5) is 12.3. The van der Waals surface area contributed by atoms with E-state index in [0.717, 1.165) is 0 Å². The van der Waals surface area contributed by atoms with Crippen LogP contribution in [0.25, 0.3) is 22.3 Å². The lowest BCUT2D eigenvalue weighted by atomic mass is 9.70. The van der Waals surface area contributed by atoms with Gasteiger partial charge in [-0.25, -0.2) is 0 Å². The number of para-hydroxylation sites is 3. The van der Waals surface area contributed by atoms with E-state index >= 15 is 0 Å². The summed E-state index contributed by atoms with van der Waals surface area (Å²) in [7, 11) is 30.2. The Morgan fingerprint density at radius 2 is 0.298 bits per heavy atom. The average Bonchev–Trinajstić information content (AvgIpc) is 1.78. The molecule has 1 spiro atoms. The van der Waals surface area contributed by atoms with Crippen LogP contribution in [0.5, 0.6) is 0 Å². The Labute approximate surface area is 526 Å². The Kier molecular flexibility index (Phi) is 74.0. The van der Waals surface area contributed by atoms with E-state index < -0.39 is 0 Å². The van der Waals surface area contributed by atoms with Crippen LogP contribution in [0.2, 0.25) is 0 Å². The Morgan fingerprint density at radius 3 is 0.417 bits per heavy atom. The van der Waals surface area contributed by atoms with Gasteiger partial charge < -0.3 is 29.4 Å². The highest BCUT2D eigenvalue weighted by molar-refractivity contribution is 5.94. The van der Waals surface area contributed by atoms with E-state index in [0.29, 0.717) is 0 Å². The van der Waals surface area contributed by atoms with E-state index in [1.165, 1.54) is 61.6 Å². The van der Waals surface area contributed by atoms with Crippen LogP contribution in [0.1, 0.15) is 161 Å². The zero-order valence-electron chi connectivity index (χ0n) is 61.6. The summed E-state index contributed by atoms with van der Waals surface area (Å²) in [6.45, 7) is 40.0. The van der Waals surface area contributed by atoms with Gasteiger partial charge in [-0.1, -0.05) is 290 Å². The van der Waals surface area contributed by atoms with Crippen molar-refractivity contribution in [2.24, 2.45) is 0 Å². The summed E-state index contributed by atoms with van der Waals surface area (Å²) in [5.74, 6) is 0. The Morgan fingerprint density at radius 1 is 0.179 bits per heavy atom. The van der Waals surface area contributed by atoms with Gasteiger partial charge in [-0.3, -0.25) is 0 Å². The smallest absolute Gasteiger partial charge is 0.0725 e. The Hall–Kier alpha value is -6.18. The van der Waals surface area contributed by atoms with E-state index in [2.05, 4.69) is 148 Å². The number of rotatable bonds is 3. The van der Waals surface area contributed by atoms with Crippen molar-refractivity contribution in [1.82, 2.24) is 14.7 Å². The van der Waals surface area contributed by atoms with Crippen molar-refractivity contribution in [1.29, 1.82) is 0 Å². The number of hydrogen-bond acceptors (Lipinski definition) is 6. The summed E-state index contributed by atoms with van der Waals surface area (Å²) >= 11 is 0. The first-order valence-electron chi connectivity index (χ1n) is 31.9. The van der Waals surface area contributed by atoms with Gasteiger partial charge in [-0.05, 0) is 144 Å². The normalized spacial score (nSPS) is 9.31. The van der Waals surface area contributed by atoms with Gasteiger partial charge in [-0.2, -0.15) is 0 Å². The fourth-order valence-corrected chi connectivity index (χ4v) is 7.23. The minimum atomic E-state index is -0.180. The number of hydrogen-bond donors (Lipinski definition) is 0. The first kappa shape index (κ1) is 94.2.